The number of piperidine rings is 1. The Labute approximate surface area is 178 Å². The summed E-state index contributed by atoms with van der Waals surface area (Å²) in [4.78, 5) is 27.0. The molecule has 0 radical (unpaired) electrons. The van der Waals surface area contributed by atoms with Gasteiger partial charge in [0, 0.05) is 6.54 Å². The number of likely N-dealkylation sites (tertiary alicyclic amines) is 1. The molecule has 2 aromatic carbocycles. The van der Waals surface area contributed by atoms with Gasteiger partial charge in [0.15, 0.2) is 0 Å². The van der Waals surface area contributed by atoms with Gasteiger partial charge < -0.3 is 10.4 Å². The highest BCUT2D eigenvalue weighted by Crippen LogP contribution is 2.46. The molecule has 30 heavy (non-hydrogen) atoms. The fraction of sp³-hybridized carbons (Fsp3) is 0.440. The number of hydrogen-bond acceptors (Lipinski definition) is 3. The first-order valence-electron chi connectivity index (χ1n) is 10.8. The standard InChI is InChI=1S/C25H30N2O3/c1-18-5-7-19(8-6-18)17-27-16-4-3-13-24(27,2)23(30)26-25(14-15-25)21-11-9-20(10-12-21)22(28)29/h5-12H,3-4,13-17H2,1-2H3,(H,26,30)(H,28,29)/t24-/m1/s1. The molecule has 1 aliphatic carbocycles. The number of aromatic carboxylic acids is 1. The summed E-state index contributed by atoms with van der Waals surface area (Å²) < 4.78 is 0. The number of rotatable bonds is 6. The first kappa shape index (κ1) is 20.6. The Kier molecular flexibility index (Phi) is 5.41. The smallest absolute Gasteiger partial charge is 0.335 e. The summed E-state index contributed by atoms with van der Waals surface area (Å²) >= 11 is 0. The van der Waals surface area contributed by atoms with E-state index >= 15 is 0 Å². The van der Waals surface area contributed by atoms with Gasteiger partial charge in [0.2, 0.25) is 5.91 Å². The van der Waals surface area contributed by atoms with Crippen molar-refractivity contribution < 1.29 is 14.7 Å². The molecular formula is C25H30N2O3. The van der Waals surface area contributed by atoms with Crippen molar-refractivity contribution in [2.75, 3.05) is 6.54 Å². The van der Waals surface area contributed by atoms with Gasteiger partial charge in [-0.2, -0.15) is 0 Å². The van der Waals surface area contributed by atoms with E-state index in [1.165, 1.54) is 11.1 Å². The molecule has 4 rings (SSSR count). The van der Waals surface area contributed by atoms with Crippen LogP contribution in [0.25, 0.3) is 0 Å². The summed E-state index contributed by atoms with van der Waals surface area (Å²) in [6.07, 6.45) is 4.78. The Morgan fingerprint density at radius 2 is 1.67 bits per heavy atom. The van der Waals surface area contributed by atoms with Crippen LogP contribution < -0.4 is 5.32 Å². The van der Waals surface area contributed by atoms with Crippen LogP contribution in [0, 0.1) is 6.92 Å². The van der Waals surface area contributed by atoms with Crippen LogP contribution in [-0.4, -0.2) is 34.0 Å². The van der Waals surface area contributed by atoms with E-state index in [0.717, 1.165) is 50.8 Å². The summed E-state index contributed by atoms with van der Waals surface area (Å²) in [6.45, 7) is 5.84. The number of nitrogens with zero attached hydrogens (tertiary/aromatic N) is 1. The van der Waals surface area contributed by atoms with Gasteiger partial charge in [-0.15, -0.1) is 0 Å². The minimum absolute atomic E-state index is 0.0779. The summed E-state index contributed by atoms with van der Waals surface area (Å²) in [5.41, 5.74) is 2.83. The maximum atomic E-state index is 13.5. The van der Waals surface area contributed by atoms with Crippen LogP contribution in [0.3, 0.4) is 0 Å². The van der Waals surface area contributed by atoms with Gasteiger partial charge in [0.1, 0.15) is 0 Å². The van der Waals surface area contributed by atoms with Gasteiger partial charge >= 0.3 is 5.97 Å². The number of carbonyl (C=O) groups is 2. The van der Waals surface area contributed by atoms with E-state index in [1.54, 1.807) is 12.1 Å². The second-order valence-corrected chi connectivity index (χ2v) is 9.06. The zero-order valence-electron chi connectivity index (χ0n) is 17.8. The van der Waals surface area contributed by atoms with E-state index in [0.29, 0.717) is 0 Å². The van der Waals surface area contributed by atoms with Crippen LogP contribution in [0.1, 0.15) is 66.1 Å². The average Bonchev–Trinajstić information content (AvgIpc) is 3.52. The molecule has 2 aromatic rings. The van der Waals surface area contributed by atoms with E-state index in [4.69, 9.17) is 5.11 Å². The minimum Gasteiger partial charge on any atom is -0.478 e. The summed E-state index contributed by atoms with van der Waals surface area (Å²) in [5.74, 6) is -0.856. The Morgan fingerprint density at radius 1 is 1.00 bits per heavy atom. The summed E-state index contributed by atoms with van der Waals surface area (Å²) in [7, 11) is 0. The molecule has 2 aliphatic rings. The van der Waals surface area contributed by atoms with Crippen LogP contribution >= 0.6 is 0 Å². The SMILES string of the molecule is Cc1ccc(CN2CCCC[C@]2(C)C(=O)NC2(c3ccc(C(=O)O)cc3)CC2)cc1. The molecule has 1 saturated carbocycles. The molecule has 2 N–H and O–H groups in total. The fourth-order valence-corrected chi connectivity index (χ4v) is 4.50. The van der Waals surface area contributed by atoms with Crippen molar-refractivity contribution in [3.8, 4) is 0 Å². The second-order valence-electron chi connectivity index (χ2n) is 9.06. The predicted octanol–water partition coefficient (Wildman–Crippen LogP) is 4.24. The molecule has 0 aromatic heterocycles. The number of hydrogen-bond donors (Lipinski definition) is 2. The molecule has 0 bridgehead atoms. The van der Waals surface area contributed by atoms with E-state index in [9.17, 15) is 9.59 Å². The Balaban J connectivity index is 1.51. The van der Waals surface area contributed by atoms with E-state index < -0.39 is 11.5 Å². The normalized spacial score (nSPS) is 23.0. The molecule has 0 spiro atoms. The first-order chi connectivity index (χ1) is 14.3. The summed E-state index contributed by atoms with van der Waals surface area (Å²) in [5, 5.41) is 12.5. The maximum absolute atomic E-state index is 13.5. The highest BCUT2D eigenvalue weighted by atomic mass is 16.4. The number of amides is 1. The zero-order chi connectivity index (χ0) is 21.4. The third kappa shape index (κ3) is 3.99. The Morgan fingerprint density at radius 3 is 2.27 bits per heavy atom. The first-order valence-corrected chi connectivity index (χ1v) is 10.8. The number of carboxylic acids is 1. The van der Waals surface area contributed by atoms with Gasteiger partial charge in [-0.3, -0.25) is 9.69 Å². The number of carbonyl (C=O) groups excluding carboxylic acids is 1. The molecular weight excluding hydrogens is 376 g/mol. The van der Waals surface area contributed by atoms with Crippen LogP contribution in [0.15, 0.2) is 48.5 Å². The van der Waals surface area contributed by atoms with Gasteiger partial charge in [-0.1, -0.05) is 42.0 Å². The van der Waals surface area contributed by atoms with E-state index in [-0.39, 0.29) is 17.0 Å². The summed E-state index contributed by atoms with van der Waals surface area (Å²) in [6, 6.07) is 15.5. The average molecular weight is 407 g/mol. The maximum Gasteiger partial charge on any atom is 0.335 e. The lowest BCUT2D eigenvalue weighted by Crippen LogP contribution is -2.60. The highest BCUT2D eigenvalue weighted by molar-refractivity contribution is 5.88. The van der Waals surface area contributed by atoms with Crippen LogP contribution in [0.2, 0.25) is 0 Å². The molecule has 5 nitrogen and oxygen atoms in total. The van der Waals surface area contributed by atoms with Gasteiger partial charge in [-0.25, -0.2) is 4.79 Å². The van der Waals surface area contributed by atoms with Crippen LogP contribution in [0.5, 0.6) is 0 Å². The van der Waals surface area contributed by atoms with E-state index in [2.05, 4.69) is 48.3 Å². The molecule has 1 amide bonds. The van der Waals surface area contributed by atoms with Crippen molar-refractivity contribution in [3.05, 3.63) is 70.8 Å². The zero-order valence-corrected chi connectivity index (χ0v) is 17.8. The van der Waals surface area contributed by atoms with E-state index in [1.807, 2.05) is 12.1 Å². The minimum atomic E-state index is -0.933. The van der Waals surface area contributed by atoms with Crippen LogP contribution in [0.4, 0.5) is 0 Å². The molecule has 5 heteroatoms. The molecule has 2 fully saturated rings. The van der Waals surface area contributed by atoms with Gasteiger partial charge in [-0.05, 0) is 75.8 Å². The van der Waals surface area contributed by atoms with Crippen molar-refractivity contribution in [1.82, 2.24) is 10.2 Å². The molecule has 0 unspecified atom stereocenters. The third-order valence-corrected chi connectivity index (χ3v) is 6.81. The largest absolute Gasteiger partial charge is 0.478 e. The number of nitrogens with one attached hydrogen (secondary N) is 1. The van der Waals surface area contributed by atoms with Gasteiger partial charge in [0.25, 0.3) is 0 Å². The lowest BCUT2D eigenvalue weighted by Gasteiger charge is -2.44. The fourth-order valence-electron chi connectivity index (χ4n) is 4.50. The van der Waals surface area contributed by atoms with Crippen molar-refractivity contribution in [1.29, 1.82) is 0 Å². The Bertz CT molecular complexity index is 932. The quantitative estimate of drug-likeness (QED) is 0.753. The molecule has 158 valence electrons. The predicted molar refractivity (Wildman–Crippen MR) is 116 cm³/mol. The lowest BCUT2D eigenvalue weighted by molar-refractivity contribution is -0.136. The second kappa shape index (κ2) is 7.88. The number of carboxylic acid groups (broad SMARTS) is 1. The van der Waals surface area contributed by atoms with Crippen molar-refractivity contribution in [2.45, 2.75) is 63.6 Å². The highest BCUT2D eigenvalue weighted by Gasteiger charge is 2.50. The van der Waals surface area contributed by atoms with Crippen molar-refractivity contribution in [2.24, 2.45) is 0 Å². The molecule has 1 atom stereocenters. The van der Waals surface area contributed by atoms with Crippen molar-refractivity contribution >= 4 is 11.9 Å². The topological polar surface area (TPSA) is 69.6 Å². The lowest BCUT2D eigenvalue weighted by atomic mass is 9.86. The molecule has 1 heterocycles. The Hall–Kier alpha value is -2.66. The number of benzene rings is 2. The molecule has 1 saturated heterocycles. The third-order valence-electron chi connectivity index (χ3n) is 6.81. The van der Waals surface area contributed by atoms with Crippen LogP contribution in [-0.2, 0) is 16.9 Å². The monoisotopic (exact) mass is 406 g/mol. The van der Waals surface area contributed by atoms with Gasteiger partial charge in [0.05, 0.1) is 16.6 Å². The van der Waals surface area contributed by atoms with Crippen molar-refractivity contribution in [3.63, 3.8) is 0 Å². The number of aryl methyl sites for hydroxylation is 1. The molecule has 1 aliphatic heterocycles.